The van der Waals surface area contributed by atoms with Crippen molar-refractivity contribution in [1.29, 1.82) is 0 Å². The predicted molar refractivity (Wildman–Crippen MR) is 53.2 cm³/mol. The van der Waals surface area contributed by atoms with E-state index in [-0.39, 0.29) is 11.1 Å². The van der Waals surface area contributed by atoms with Crippen LogP contribution in [0, 0.1) is 6.92 Å². The molecule has 5 heteroatoms. The van der Waals surface area contributed by atoms with E-state index in [2.05, 4.69) is 10.3 Å². The Kier molecular flexibility index (Phi) is 3.41. The summed E-state index contributed by atoms with van der Waals surface area (Å²) in [6.07, 6.45) is 0. The summed E-state index contributed by atoms with van der Waals surface area (Å²) in [4.78, 5) is 25.2. The zero-order chi connectivity index (χ0) is 10.6. The van der Waals surface area contributed by atoms with Gasteiger partial charge in [0.2, 0.25) is 0 Å². The van der Waals surface area contributed by atoms with Gasteiger partial charge in [-0.1, -0.05) is 0 Å². The average molecular weight is 195 g/mol. The molecule has 0 aliphatic heterocycles. The second kappa shape index (κ2) is 4.57. The highest BCUT2D eigenvalue weighted by atomic mass is 16.2. The molecule has 0 aliphatic carbocycles. The zero-order valence-corrected chi connectivity index (χ0v) is 7.96. The van der Waals surface area contributed by atoms with Gasteiger partial charge in [0.25, 0.3) is 11.5 Å². The van der Waals surface area contributed by atoms with Gasteiger partial charge in [-0.3, -0.25) is 9.59 Å². The van der Waals surface area contributed by atoms with E-state index in [0.29, 0.717) is 13.1 Å². The largest absolute Gasteiger partial charge is 0.351 e. The molecule has 0 unspecified atom stereocenters. The Morgan fingerprint density at radius 2 is 2.29 bits per heavy atom. The first-order chi connectivity index (χ1) is 6.65. The number of amides is 1. The molecule has 1 rings (SSSR count). The molecule has 0 fully saturated rings. The maximum absolute atomic E-state index is 11.3. The van der Waals surface area contributed by atoms with Gasteiger partial charge < -0.3 is 16.0 Å². The average Bonchev–Trinajstić information content (AvgIpc) is 2.14. The predicted octanol–water partition coefficient (Wildman–Crippen LogP) is -0.628. The Labute approximate surface area is 81.3 Å². The number of rotatable bonds is 3. The molecule has 0 aromatic carbocycles. The number of aromatic amines is 1. The summed E-state index contributed by atoms with van der Waals surface area (Å²) in [5, 5.41) is 2.52. The minimum atomic E-state index is -0.392. The first-order valence-corrected chi connectivity index (χ1v) is 4.33. The van der Waals surface area contributed by atoms with Crippen LogP contribution in [0.2, 0.25) is 0 Å². The van der Waals surface area contributed by atoms with Gasteiger partial charge in [0, 0.05) is 18.8 Å². The first-order valence-electron chi connectivity index (χ1n) is 4.33. The fourth-order valence-electron chi connectivity index (χ4n) is 1.03. The number of nitrogens with one attached hydrogen (secondary N) is 2. The maximum Gasteiger partial charge on any atom is 0.260 e. The van der Waals surface area contributed by atoms with Crippen molar-refractivity contribution in [2.24, 2.45) is 5.73 Å². The highest BCUT2D eigenvalue weighted by molar-refractivity contribution is 5.93. The van der Waals surface area contributed by atoms with E-state index in [1.54, 1.807) is 13.0 Å². The van der Waals surface area contributed by atoms with Gasteiger partial charge in [0.1, 0.15) is 5.56 Å². The summed E-state index contributed by atoms with van der Waals surface area (Å²) in [6.45, 7) is 2.48. The Hall–Kier alpha value is -1.62. The van der Waals surface area contributed by atoms with Crippen LogP contribution in [0.3, 0.4) is 0 Å². The summed E-state index contributed by atoms with van der Waals surface area (Å²) < 4.78 is 0. The van der Waals surface area contributed by atoms with Gasteiger partial charge in [-0.2, -0.15) is 0 Å². The van der Waals surface area contributed by atoms with E-state index in [1.807, 2.05) is 0 Å². The normalized spacial score (nSPS) is 9.86. The molecule has 1 heterocycles. The Balaban J connectivity index is 2.85. The quantitative estimate of drug-likeness (QED) is 0.600. The van der Waals surface area contributed by atoms with E-state index >= 15 is 0 Å². The lowest BCUT2D eigenvalue weighted by molar-refractivity contribution is 0.0953. The number of hydrogen-bond donors (Lipinski definition) is 3. The molecule has 1 aromatic rings. The van der Waals surface area contributed by atoms with Crippen LogP contribution in [0.4, 0.5) is 0 Å². The molecule has 4 N–H and O–H groups in total. The SMILES string of the molecule is Cc1ccc(C(=O)NCCN)c(=O)[nH]1. The molecule has 0 atom stereocenters. The van der Waals surface area contributed by atoms with Crippen molar-refractivity contribution >= 4 is 5.91 Å². The molecule has 0 saturated carbocycles. The zero-order valence-electron chi connectivity index (χ0n) is 7.96. The van der Waals surface area contributed by atoms with Crippen LogP contribution in [0.15, 0.2) is 16.9 Å². The van der Waals surface area contributed by atoms with Gasteiger partial charge in [-0.05, 0) is 19.1 Å². The van der Waals surface area contributed by atoms with Gasteiger partial charge in [0.05, 0.1) is 0 Å². The maximum atomic E-state index is 11.3. The van der Waals surface area contributed by atoms with Crippen LogP contribution in [0.25, 0.3) is 0 Å². The van der Waals surface area contributed by atoms with Crippen molar-refractivity contribution in [2.75, 3.05) is 13.1 Å². The minimum Gasteiger partial charge on any atom is -0.351 e. The van der Waals surface area contributed by atoms with Crippen molar-refractivity contribution in [3.05, 3.63) is 33.7 Å². The van der Waals surface area contributed by atoms with Crippen molar-refractivity contribution in [1.82, 2.24) is 10.3 Å². The smallest absolute Gasteiger partial charge is 0.260 e. The molecule has 0 aliphatic rings. The van der Waals surface area contributed by atoms with E-state index in [1.165, 1.54) is 6.07 Å². The number of hydrogen-bond acceptors (Lipinski definition) is 3. The number of pyridine rings is 1. The number of aryl methyl sites for hydroxylation is 1. The van der Waals surface area contributed by atoms with Crippen LogP contribution in [0.5, 0.6) is 0 Å². The van der Waals surface area contributed by atoms with Gasteiger partial charge in [-0.15, -0.1) is 0 Å². The van der Waals surface area contributed by atoms with Gasteiger partial charge in [-0.25, -0.2) is 0 Å². The van der Waals surface area contributed by atoms with E-state index in [9.17, 15) is 9.59 Å². The first kappa shape index (κ1) is 10.5. The molecule has 76 valence electrons. The number of H-pyrrole nitrogens is 1. The van der Waals surface area contributed by atoms with E-state index in [4.69, 9.17) is 5.73 Å². The second-order valence-corrected chi connectivity index (χ2v) is 2.93. The topological polar surface area (TPSA) is 88.0 Å². The van der Waals surface area contributed by atoms with E-state index < -0.39 is 5.91 Å². The number of aromatic nitrogens is 1. The van der Waals surface area contributed by atoms with Gasteiger partial charge >= 0.3 is 0 Å². The molecule has 0 bridgehead atoms. The molecular formula is C9H13N3O2. The third kappa shape index (κ3) is 2.43. The summed E-state index contributed by atoms with van der Waals surface area (Å²) in [5.74, 6) is -0.392. The molecule has 1 aromatic heterocycles. The van der Waals surface area contributed by atoms with Crippen molar-refractivity contribution in [3.8, 4) is 0 Å². The highest BCUT2D eigenvalue weighted by Crippen LogP contribution is 1.92. The fraction of sp³-hybridized carbons (Fsp3) is 0.333. The minimum absolute atomic E-state index is 0.115. The summed E-state index contributed by atoms with van der Waals surface area (Å²) >= 11 is 0. The molecule has 0 spiro atoms. The van der Waals surface area contributed by atoms with Crippen LogP contribution < -0.4 is 16.6 Å². The molecule has 1 amide bonds. The highest BCUT2D eigenvalue weighted by Gasteiger charge is 2.08. The summed E-state index contributed by atoms with van der Waals surface area (Å²) in [5.41, 5.74) is 5.68. The molecule has 0 saturated heterocycles. The summed E-state index contributed by atoms with van der Waals surface area (Å²) in [7, 11) is 0. The van der Waals surface area contributed by atoms with Crippen molar-refractivity contribution < 1.29 is 4.79 Å². The number of nitrogens with two attached hydrogens (primary N) is 1. The Bertz CT molecular complexity index is 384. The fourth-order valence-corrected chi connectivity index (χ4v) is 1.03. The number of carbonyl (C=O) groups is 1. The molecular weight excluding hydrogens is 182 g/mol. The standard InChI is InChI=1S/C9H13N3O2/c1-6-2-3-7(9(14)12-6)8(13)11-5-4-10/h2-3H,4-5,10H2,1H3,(H,11,13)(H,12,14). The van der Waals surface area contributed by atoms with Crippen LogP contribution in [-0.4, -0.2) is 24.0 Å². The summed E-state index contributed by atoms with van der Waals surface area (Å²) in [6, 6.07) is 3.18. The monoisotopic (exact) mass is 195 g/mol. The van der Waals surface area contributed by atoms with Crippen LogP contribution >= 0.6 is 0 Å². The van der Waals surface area contributed by atoms with Gasteiger partial charge in [0.15, 0.2) is 0 Å². The Morgan fingerprint density at radius 1 is 1.57 bits per heavy atom. The van der Waals surface area contributed by atoms with Crippen molar-refractivity contribution in [2.45, 2.75) is 6.92 Å². The third-order valence-electron chi connectivity index (χ3n) is 1.73. The molecule has 14 heavy (non-hydrogen) atoms. The lowest BCUT2D eigenvalue weighted by Crippen LogP contribution is -2.33. The Morgan fingerprint density at radius 3 is 2.86 bits per heavy atom. The number of carbonyl (C=O) groups excluding carboxylic acids is 1. The van der Waals surface area contributed by atoms with E-state index in [0.717, 1.165) is 5.69 Å². The molecule has 5 nitrogen and oxygen atoms in total. The molecule has 0 radical (unpaired) electrons. The van der Waals surface area contributed by atoms with Crippen LogP contribution in [0.1, 0.15) is 16.1 Å². The lowest BCUT2D eigenvalue weighted by Gasteiger charge is -2.02. The second-order valence-electron chi connectivity index (χ2n) is 2.93. The third-order valence-corrected chi connectivity index (χ3v) is 1.73. The van der Waals surface area contributed by atoms with Crippen molar-refractivity contribution in [3.63, 3.8) is 0 Å². The lowest BCUT2D eigenvalue weighted by atomic mass is 10.2. The van der Waals surface area contributed by atoms with Crippen LogP contribution in [-0.2, 0) is 0 Å².